The Morgan fingerprint density at radius 2 is 2.11 bits per heavy atom. The third-order valence-electron chi connectivity index (χ3n) is 5.64. The highest BCUT2D eigenvalue weighted by molar-refractivity contribution is 6.31. The van der Waals surface area contributed by atoms with Crippen molar-refractivity contribution in [1.29, 1.82) is 0 Å². The zero-order chi connectivity index (χ0) is 19.0. The van der Waals surface area contributed by atoms with E-state index in [1.54, 1.807) is 6.92 Å². The second-order valence-electron chi connectivity index (χ2n) is 7.24. The maximum Gasteiger partial charge on any atom is 0.235 e. The Morgan fingerprint density at radius 1 is 1.33 bits per heavy atom. The maximum absolute atomic E-state index is 12.7. The SMILES string of the molecule is C/C(=N\O)c1ccc(CN2CCC3(CC2)C(=O)Nc2ccc(Cl)cc23)cn1. The van der Waals surface area contributed by atoms with Crippen molar-refractivity contribution in [3.63, 3.8) is 0 Å². The molecule has 1 fully saturated rings. The number of aromatic nitrogens is 1. The fourth-order valence-electron chi connectivity index (χ4n) is 4.02. The normalized spacial score (nSPS) is 19.2. The molecule has 4 rings (SSSR count). The summed E-state index contributed by atoms with van der Waals surface area (Å²) in [4.78, 5) is 19.4. The zero-order valence-electron chi connectivity index (χ0n) is 15.1. The van der Waals surface area contributed by atoms with Crippen LogP contribution in [0.2, 0.25) is 5.02 Å². The molecule has 1 saturated heterocycles. The predicted octanol–water partition coefficient (Wildman–Crippen LogP) is 3.42. The number of carbonyl (C=O) groups excluding carboxylic acids is 1. The first-order valence-corrected chi connectivity index (χ1v) is 9.37. The highest BCUT2D eigenvalue weighted by Crippen LogP contribution is 2.45. The molecule has 7 heteroatoms. The van der Waals surface area contributed by atoms with Crippen LogP contribution in [-0.2, 0) is 16.8 Å². The lowest BCUT2D eigenvalue weighted by atomic mass is 9.73. The summed E-state index contributed by atoms with van der Waals surface area (Å²) in [5.74, 6) is 0.0872. The Bertz CT molecular complexity index is 903. The molecule has 1 amide bonds. The number of amides is 1. The first kappa shape index (κ1) is 17.9. The number of pyridine rings is 1. The van der Waals surface area contributed by atoms with Crippen molar-refractivity contribution in [2.45, 2.75) is 31.7 Å². The number of rotatable bonds is 3. The van der Waals surface area contributed by atoms with Gasteiger partial charge >= 0.3 is 0 Å². The van der Waals surface area contributed by atoms with E-state index in [2.05, 4.69) is 20.4 Å². The lowest BCUT2D eigenvalue weighted by Gasteiger charge is -2.38. The molecule has 2 N–H and O–H groups in total. The molecule has 0 radical (unpaired) electrons. The van der Waals surface area contributed by atoms with Crippen molar-refractivity contribution in [3.8, 4) is 0 Å². The Balaban J connectivity index is 1.45. The summed E-state index contributed by atoms with van der Waals surface area (Å²) in [6.45, 7) is 4.15. The lowest BCUT2D eigenvalue weighted by molar-refractivity contribution is -0.122. The number of fused-ring (bicyclic) bond motifs is 2. The second-order valence-corrected chi connectivity index (χ2v) is 7.68. The van der Waals surface area contributed by atoms with Crippen molar-refractivity contribution in [2.75, 3.05) is 18.4 Å². The van der Waals surface area contributed by atoms with E-state index in [0.29, 0.717) is 16.4 Å². The molecule has 2 aromatic rings. The number of hydrogen-bond acceptors (Lipinski definition) is 5. The van der Waals surface area contributed by atoms with Gasteiger partial charge in [-0.15, -0.1) is 0 Å². The van der Waals surface area contributed by atoms with Crippen molar-refractivity contribution in [1.82, 2.24) is 9.88 Å². The topological polar surface area (TPSA) is 77.8 Å². The van der Waals surface area contributed by atoms with Crippen molar-refractivity contribution < 1.29 is 10.0 Å². The van der Waals surface area contributed by atoms with E-state index < -0.39 is 5.41 Å². The first-order chi connectivity index (χ1) is 13.0. The number of nitrogens with zero attached hydrogens (tertiary/aromatic N) is 3. The number of oxime groups is 1. The van der Waals surface area contributed by atoms with Crippen molar-refractivity contribution in [2.24, 2.45) is 5.16 Å². The molecule has 27 heavy (non-hydrogen) atoms. The largest absolute Gasteiger partial charge is 0.411 e. The Kier molecular flexibility index (Phi) is 4.61. The van der Waals surface area contributed by atoms with Crippen LogP contribution >= 0.6 is 11.6 Å². The molecule has 1 aromatic carbocycles. The summed E-state index contributed by atoms with van der Waals surface area (Å²) >= 11 is 6.17. The van der Waals surface area contributed by atoms with E-state index in [4.69, 9.17) is 16.8 Å². The van der Waals surface area contributed by atoms with Gasteiger partial charge in [-0.3, -0.25) is 14.7 Å². The van der Waals surface area contributed by atoms with Gasteiger partial charge in [-0.1, -0.05) is 22.8 Å². The molecule has 2 aliphatic heterocycles. The third kappa shape index (κ3) is 3.19. The quantitative estimate of drug-likeness (QED) is 0.483. The van der Waals surface area contributed by atoms with Gasteiger partial charge in [-0.25, -0.2) is 0 Å². The van der Waals surface area contributed by atoms with Crippen LogP contribution in [0.25, 0.3) is 0 Å². The van der Waals surface area contributed by atoms with Gasteiger partial charge in [0.05, 0.1) is 11.1 Å². The fourth-order valence-corrected chi connectivity index (χ4v) is 4.19. The van der Waals surface area contributed by atoms with Gasteiger partial charge in [0.2, 0.25) is 5.91 Å². The first-order valence-electron chi connectivity index (χ1n) is 9.00. The van der Waals surface area contributed by atoms with Crippen LogP contribution in [-0.4, -0.2) is 39.8 Å². The summed E-state index contributed by atoms with van der Waals surface area (Å²) in [7, 11) is 0. The highest BCUT2D eigenvalue weighted by Gasteiger charge is 2.48. The van der Waals surface area contributed by atoms with Gasteiger partial charge in [0, 0.05) is 23.5 Å². The highest BCUT2D eigenvalue weighted by atomic mass is 35.5. The molecule has 1 aromatic heterocycles. The number of nitrogens with one attached hydrogen (secondary N) is 1. The van der Waals surface area contributed by atoms with E-state index >= 15 is 0 Å². The van der Waals surface area contributed by atoms with E-state index in [0.717, 1.165) is 49.3 Å². The van der Waals surface area contributed by atoms with Crippen LogP contribution < -0.4 is 5.32 Å². The zero-order valence-corrected chi connectivity index (χ0v) is 15.8. The molecular weight excluding hydrogens is 364 g/mol. The second kappa shape index (κ2) is 6.94. The van der Waals surface area contributed by atoms with Gasteiger partial charge in [0.25, 0.3) is 0 Å². The van der Waals surface area contributed by atoms with Crippen molar-refractivity contribution in [3.05, 3.63) is 58.4 Å². The molecule has 0 atom stereocenters. The van der Waals surface area contributed by atoms with E-state index in [9.17, 15) is 4.79 Å². The minimum atomic E-state index is -0.465. The Hall–Kier alpha value is -2.44. The number of carbonyl (C=O) groups is 1. The third-order valence-corrected chi connectivity index (χ3v) is 5.88. The number of benzene rings is 1. The van der Waals surface area contributed by atoms with E-state index in [1.165, 1.54) is 0 Å². The summed E-state index contributed by atoms with van der Waals surface area (Å²) < 4.78 is 0. The minimum Gasteiger partial charge on any atom is -0.411 e. The molecule has 1 spiro atoms. The molecular formula is C20H21ClN4O2. The molecule has 0 unspecified atom stereocenters. The molecule has 140 valence electrons. The van der Waals surface area contributed by atoms with Crippen LogP contribution in [0.1, 0.15) is 36.6 Å². The average Bonchev–Trinajstić information content (AvgIpc) is 2.95. The fraction of sp³-hybridized carbons (Fsp3) is 0.350. The van der Waals surface area contributed by atoms with E-state index in [1.807, 2.05) is 36.5 Å². The van der Waals surface area contributed by atoms with Crippen LogP contribution in [0.15, 0.2) is 41.7 Å². The molecule has 2 aliphatic rings. The number of halogens is 1. The Labute approximate surface area is 162 Å². The van der Waals surface area contributed by atoms with Crippen LogP contribution in [0.5, 0.6) is 0 Å². The summed E-state index contributed by atoms with van der Waals surface area (Å²) in [5.41, 5.74) is 3.71. The molecule has 6 nitrogen and oxygen atoms in total. The Morgan fingerprint density at radius 3 is 2.78 bits per heavy atom. The minimum absolute atomic E-state index is 0.0872. The number of likely N-dealkylation sites (tertiary alicyclic amines) is 1. The van der Waals surface area contributed by atoms with Gasteiger partial charge in [0.1, 0.15) is 5.71 Å². The van der Waals surface area contributed by atoms with Crippen LogP contribution in [0, 0.1) is 0 Å². The predicted molar refractivity (Wildman–Crippen MR) is 105 cm³/mol. The maximum atomic E-state index is 12.7. The lowest BCUT2D eigenvalue weighted by Crippen LogP contribution is -2.46. The van der Waals surface area contributed by atoms with Gasteiger partial charge in [-0.2, -0.15) is 0 Å². The van der Waals surface area contributed by atoms with Gasteiger partial charge < -0.3 is 10.5 Å². The average molecular weight is 385 g/mol. The monoisotopic (exact) mass is 384 g/mol. The molecule has 0 aliphatic carbocycles. The van der Waals surface area contributed by atoms with Crippen molar-refractivity contribution >= 4 is 28.9 Å². The standard InChI is InChI=1S/C20H21ClN4O2/c1-13(24-27)17-4-2-14(11-22-17)12-25-8-6-20(7-9-25)16-10-15(21)3-5-18(16)23-19(20)26/h2-5,10-11,27H,6-9,12H2,1H3,(H,23,26)/b24-13+. The summed E-state index contributed by atoms with van der Waals surface area (Å²) in [6, 6.07) is 9.49. The smallest absolute Gasteiger partial charge is 0.235 e. The van der Waals surface area contributed by atoms with E-state index in [-0.39, 0.29) is 5.91 Å². The summed E-state index contributed by atoms with van der Waals surface area (Å²) in [6.07, 6.45) is 3.35. The molecule has 0 saturated carbocycles. The molecule has 0 bridgehead atoms. The summed E-state index contributed by atoms with van der Waals surface area (Å²) in [5, 5.41) is 15.7. The number of piperidine rings is 1. The van der Waals surface area contributed by atoms with Gasteiger partial charge in [-0.05, 0) is 68.2 Å². The van der Waals surface area contributed by atoms with Gasteiger partial charge in [0.15, 0.2) is 0 Å². The van der Waals surface area contributed by atoms with Crippen LogP contribution in [0.4, 0.5) is 5.69 Å². The molecule has 3 heterocycles. The van der Waals surface area contributed by atoms with Crippen LogP contribution in [0.3, 0.4) is 0 Å². The number of anilines is 1. The number of hydrogen-bond donors (Lipinski definition) is 2.